The minimum Gasteiger partial charge on any atom is -0.496 e. The highest BCUT2D eigenvalue weighted by Crippen LogP contribution is 2.45. The molecule has 0 bridgehead atoms. The van der Waals surface area contributed by atoms with E-state index in [-0.39, 0.29) is 22.6 Å². The topological polar surface area (TPSA) is 47.9 Å². The summed E-state index contributed by atoms with van der Waals surface area (Å²) < 4.78 is 62.9. The molecule has 0 aliphatic heterocycles. The Morgan fingerprint density at radius 1 is 0.957 bits per heavy atom. The van der Waals surface area contributed by atoms with Gasteiger partial charge in [-0.25, -0.2) is 0 Å². The predicted octanol–water partition coefficient (Wildman–Crippen LogP) is 3.92. The van der Waals surface area contributed by atoms with Crippen molar-refractivity contribution >= 4 is 0 Å². The van der Waals surface area contributed by atoms with Gasteiger partial charge in [0.25, 0.3) is 0 Å². The van der Waals surface area contributed by atoms with E-state index < -0.39 is 19.3 Å². The Bertz CT molecular complexity index is 850. The summed E-state index contributed by atoms with van der Waals surface area (Å²) in [6.07, 6.45) is 0. The van der Waals surface area contributed by atoms with Crippen molar-refractivity contribution in [3.8, 4) is 28.4 Å². The molecule has 0 radical (unpaired) electrons. The van der Waals surface area contributed by atoms with Crippen molar-refractivity contribution in [2.24, 2.45) is 0 Å². The van der Waals surface area contributed by atoms with E-state index in [0.29, 0.717) is 11.3 Å². The maximum Gasteiger partial charge on any atom is 0.134 e. The fraction of sp³-hybridized carbons (Fsp3) is 0.368. The van der Waals surface area contributed by atoms with Crippen molar-refractivity contribution in [2.45, 2.75) is 26.2 Å². The number of aliphatic hydroxyl groups is 1. The smallest absolute Gasteiger partial charge is 0.134 e. The van der Waals surface area contributed by atoms with Gasteiger partial charge in [0.05, 0.1) is 32.5 Å². The Balaban J connectivity index is 3.00. The molecule has 4 heteroatoms. The molecule has 0 aliphatic rings. The molecule has 4 nitrogen and oxygen atoms in total. The second-order valence-corrected chi connectivity index (χ2v) is 5.17. The van der Waals surface area contributed by atoms with Crippen molar-refractivity contribution in [1.29, 1.82) is 0 Å². The van der Waals surface area contributed by atoms with Gasteiger partial charge in [0, 0.05) is 20.4 Å². The molecule has 1 N–H and O–H groups in total. The molecule has 0 fully saturated rings. The lowest BCUT2D eigenvalue weighted by Gasteiger charge is -2.24. The maximum absolute atomic E-state index is 11.1. The van der Waals surface area contributed by atoms with Crippen LogP contribution in [0, 0.1) is 6.92 Å². The molecule has 0 amide bonds. The van der Waals surface area contributed by atoms with Crippen LogP contribution in [0.3, 0.4) is 0 Å². The molecular formula is C19H24O4. The monoisotopic (exact) mass is 322 g/mol. The number of methoxy groups -OCH3 is 3. The lowest BCUT2D eigenvalue weighted by molar-refractivity contribution is 0.0792. The van der Waals surface area contributed by atoms with Crippen LogP contribution < -0.4 is 14.2 Å². The Labute approximate surface area is 146 Å². The van der Waals surface area contributed by atoms with Crippen LogP contribution in [-0.4, -0.2) is 26.4 Å². The first-order chi connectivity index (χ1) is 13.3. The predicted molar refractivity (Wildman–Crippen MR) is 91.5 cm³/mol. The molecule has 0 aromatic heterocycles. The van der Waals surface area contributed by atoms with Gasteiger partial charge in [-0.15, -0.1) is 0 Å². The first-order valence-electron chi connectivity index (χ1n) is 9.95. The summed E-state index contributed by atoms with van der Waals surface area (Å²) in [7, 11) is 4.29. The molecule has 0 atom stereocenters. The SMILES string of the molecule is [2H]C([2H])([2H])C(O)(c1ccc(C)cc1-c1c(OC)cc(OC)cc1OC)C([2H])([2H])[2H]. The van der Waals surface area contributed by atoms with Crippen LogP contribution in [0.1, 0.15) is 33.1 Å². The quantitative estimate of drug-likeness (QED) is 0.906. The standard InChI is InChI=1S/C19H24O4/c1-12-7-8-15(19(2,3)20)14(9-12)18-16(22-5)10-13(21-4)11-17(18)23-6/h7-11,20H,1-6H3/i2D3,3D3. The molecular weight excluding hydrogens is 292 g/mol. The van der Waals surface area contributed by atoms with Crippen LogP contribution in [0.15, 0.2) is 30.3 Å². The number of aryl methyl sites for hydroxylation is 1. The van der Waals surface area contributed by atoms with Crippen LogP contribution in [0.2, 0.25) is 0 Å². The third kappa shape index (κ3) is 3.42. The molecule has 0 saturated carbocycles. The van der Waals surface area contributed by atoms with Crippen LogP contribution in [0.4, 0.5) is 0 Å². The van der Waals surface area contributed by atoms with Gasteiger partial charge in [0.15, 0.2) is 0 Å². The summed E-state index contributed by atoms with van der Waals surface area (Å²) in [4.78, 5) is 0. The van der Waals surface area contributed by atoms with Gasteiger partial charge in [-0.1, -0.05) is 23.8 Å². The zero-order chi connectivity index (χ0) is 22.2. The van der Waals surface area contributed by atoms with Gasteiger partial charge in [0.2, 0.25) is 0 Å². The van der Waals surface area contributed by atoms with E-state index in [4.69, 9.17) is 22.4 Å². The second-order valence-electron chi connectivity index (χ2n) is 5.17. The summed E-state index contributed by atoms with van der Waals surface area (Å²) in [5.41, 5.74) is -2.18. The van der Waals surface area contributed by atoms with Crippen molar-refractivity contribution in [3.05, 3.63) is 41.5 Å². The summed E-state index contributed by atoms with van der Waals surface area (Å²) in [5.74, 6) is 0.969. The lowest BCUT2D eigenvalue weighted by Crippen LogP contribution is -2.17. The number of benzene rings is 2. The first kappa shape index (κ1) is 10.6. The highest BCUT2D eigenvalue weighted by atomic mass is 16.5. The Morgan fingerprint density at radius 3 is 2.04 bits per heavy atom. The zero-order valence-electron chi connectivity index (χ0n) is 19.6. The van der Waals surface area contributed by atoms with Crippen LogP contribution >= 0.6 is 0 Å². The van der Waals surface area contributed by atoms with Gasteiger partial charge < -0.3 is 19.3 Å². The molecule has 23 heavy (non-hydrogen) atoms. The molecule has 124 valence electrons. The largest absolute Gasteiger partial charge is 0.496 e. The molecule has 0 spiro atoms. The number of hydrogen-bond acceptors (Lipinski definition) is 4. The summed E-state index contributed by atoms with van der Waals surface area (Å²) in [6.45, 7) is -4.69. The fourth-order valence-electron chi connectivity index (χ4n) is 2.45. The molecule has 0 saturated heterocycles. The van der Waals surface area contributed by atoms with Gasteiger partial charge in [-0.2, -0.15) is 0 Å². The molecule has 0 unspecified atom stereocenters. The Kier molecular flexibility index (Phi) is 2.98. The highest BCUT2D eigenvalue weighted by Gasteiger charge is 2.25. The molecule has 2 aromatic carbocycles. The third-order valence-electron chi connectivity index (χ3n) is 3.55. The molecule has 2 aromatic rings. The number of ether oxygens (including phenoxy) is 3. The number of hydrogen-bond donors (Lipinski definition) is 1. The minimum absolute atomic E-state index is 0.177. The molecule has 2 rings (SSSR count). The average molecular weight is 322 g/mol. The van der Waals surface area contributed by atoms with Crippen molar-refractivity contribution < 1.29 is 27.5 Å². The third-order valence-corrected chi connectivity index (χ3v) is 3.55. The van der Waals surface area contributed by atoms with E-state index in [1.54, 1.807) is 31.2 Å². The van der Waals surface area contributed by atoms with Gasteiger partial charge in [-0.3, -0.25) is 0 Å². The first-order valence-corrected chi connectivity index (χ1v) is 6.95. The maximum atomic E-state index is 11.1. The molecule has 0 aliphatic carbocycles. The van der Waals surface area contributed by atoms with Crippen molar-refractivity contribution in [1.82, 2.24) is 0 Å². The van der Waals surface area contributed by atoms with Crippen molar-refractivity contribution in [3.63, 3.8) is 0 Å². The van der Waals surface area contributed by atoms with Crippen LogP contribution in [0.25, 0.3) is 11.1 Å². The van der Waals surface area contributed by atoms with E-state index >= 15 is 0 Å². The number of rotatable bonds is 5. The Morgan fingerprint density at radius 2 is 1.57 bits per heavy atom. The average Bonchev–Trinajstić information content (AvgIpc) is 2.64. The van der Waals surface area contributed by atoms with E-state index in [9.17, 15) is 5.11 Å². The molecule has 0 heterocycles. The van der Waals surface area contributed by atoms with E-state index in [1.807, 2.05) is 0 Å². The van der Waals surface area contributed by atoms with Crippen molar-refractivity contribution in [2.75, 3.05) is 21.3 Å². The summed E-state index contributed by atoms with van der Waals surface area (Å²) >= 11 is 0. The normalized spacial score (nSPS) is 16.2. The van der Waals surface area contributed by atoms with E-state index in [2.05, 4.69) is 0 Å². The fourth-order valence-corrected chi connectivity index (χ4v) is 2.45. The Hall–Kier alpha value is -2.20. The van der Waals surface area contributed by atoms with E-state index in [1.165, 1.54) is 27.4 Å². The van der Waals surface area contributed by atoms with Gasteiger partial charge >= 0.3 is 0 Å². The van der Waals surface area contributed by atoms with Crippen LogP contribution in [0.5, 0.6) is 17.2 Å². The van der Waals surface area contributed by atoms with Crippen LogP contribution in [-0.2, 0) is 5.60 Å². The van der Waals surface area contributed by atoms with E-state index in [0.717, 1.165) is 5.56 Å². The van der Waals surface area contributed by atoms with Gasteiger partial charge in [-0.05, 0) is 31.8 Å². The lowest BCUT2D eigenvalue weighted by atomic mass is 9.87. The summed E-state index contributed by atoms with van der Waals surface area (Å²) in [5, 5.41) is 11.1. The minimum atomic E-state index is -3.23. The highest BCUT2D eigenvalue weighted by molar-refractivity contribution is 5.81. The van der Waals surface area contributed by atoms with Gasteiger partial charge in [0.1, 0.15) is 17.2 Å². The second kappa shape index (κ2) is 6.50. The summed E-state index contributed by atoms with van der Waals surface area (Å²) in [6, 6.07) is 7.57. The zero-order valence-corrected chi connectivity index (χ0v) is 13.6.